The Morgan fingerprint density at radius 3 is 2.83 bits per heavy atom. The number of hydrogen-bond donors (Lipinski definition) is 1. The number of hydrogen-bond acceptors (Lipinski definition) is 4. The van der Waals surface area contributed by atoms with Gasteiger partial charge in [0.2, 0.25) is 0 Å². The molecule has 0 saturated heterocycles. The normalized spacial score (nSPS) is 10.5. The number of amides is 1. The number of anilines is 1. The third-order valence-electron chi connectivity index (χ3n) is 3.25. The third-order valence-corrected chi connectivity index (χ3v) is 4.18. The van der Waals surface area contributed by atoms with Gasteiger partial charge in [0.05, 0.1) is 10.2 Å². The lowest BCUT2D eigenvalue weighted by molar-refractivity contribution is 0.102. The van der Waals surface area contributed by atoms with Crippen LogP contribution >= 0.6 is 11.3 Å². The van der Waals surface area contributed by atoms with Crippen LogP contribution in [0.15, 0.2) is 55.1 Å². The van der Waals surface area contributed by atoms with E-state index in [1.165, 1.54) is 16.9 Å². The molecule has 3 aromatic rings. The van der Waals surface area contributed by atoms with Crippen LogP contribution in [0.5, 0.6) is 5.75 Å². The van der Waals surface area contributed by atoms with Crippen molar-refractivity contribution < 1.29 is 9.53 Å². The molecule has 0 saturated carbocycles. The Morgan fingerprint density at radius 1 is 1.30 bits per heavy atom. The van der Waals surface area contributed by atoms with Crippen molar-refractivity contribution in [2.75, 3.05) is 11.9 Å². The van der Waals surface area contributed by atoms with Crippen LogP contribution in [0.25, 0.3) is 10.2 Å². The van der Waals surface area contributed by atoms with Crippen LogP contribution in [-0.4, -0.2) is 17.5 Å². The van der Waals surface area contributed by atoms with Gasteiger partial charge in [-0.1, -0.05) is 30.1 Å². The van der Waals surface area contributed by atoms with Crippen molar-refractivity contribution in [2.24, 2.45) is 0 Å². The van der Waals surface area contributed by atoms with Gasteiger partial charge in [-0.25, -0.2) is 4.98 Å². The summed E-state index contributed by atoms with van der Waals surface area (Å²) in [6.45, 7) is 6.07. The van der Waals surface area contributed by atoms with E-state index in [1.807, 2.05) is 19.1 Å². The van der Waals surface area contributed by atoms with Crippen molar-refractivity contribution in [3.05, 3.63) is 66.2 Å². The molecule has 0 spiro atoms. The summed E-state index contributed by atoms with van der Waals surface area (Å²) >= 11 is 1.47. The molecule has 0 aliphatic heterocycles. The number of rotatable bonds is 5. The van der Waals surface area contributed by atoms with Gasteiger partial charge in [-0.05, 0) is 48.9 Å². The van der Waals surface area contributed by atoms with E-state index in [2.05, 4.69) is 22.9 Å². The SMILES string of the molecule is C=CCOc1ccc(C(=O)Nc2nc3ccc(C)cc3s2)cc1. The first-order chi connectivity index (χ1) is 11.2. The molecule has 1 heterocycles. The maximum absolute atomic E-state index is 12.3. The molecule has 0 aliphatic carbocycles. The second-order valence-electron chi connectivity index (χ2n) is 5.07. The molecule has 23 heavy (non-hydrogen) atoms. The number of carbonyl (C=O) groups is 1. The highest BCUT2D eigenvalue weighted by Crippen LogP contribution is 2.27. The summed E-state index contributed by atoms with van der Waals surface area (Å²) in [5, 5.41) is 3.44. The zero-order valence-electron chi connectivity index (χ0n) is 12.7. The maximum atomic E-state index is 12.3. The second kappa shape index (κ2) is 6.62. The molecule has 1 amide bonds. The largest absolute Gasteiger partial charge is 0.490 e. The molecule has 2 aromatic carbocycles. The number of nitrogens with one attached hydrogen (secondary N) is 1. The molecule has 4 nitrogen and oxygen atoms in total. The molecule has 0 unspecified atom stereocenters. The molecule has 0 aliphatic rings. The fraction of sp³-hybridized carbons (Fsp3) is 0.111. The minimum absolute atomic E-state index is 0.184. The van der Waals surface area contributed by atoms with E-state index >= 15 is 0 Å². The van der Waals surface area contributed by atoms with E-state index in [9.17, 15) is 4.79 Å². The fourth-order valence-electron chi connectivity index (χ4n) is 2.11. The Bertz CT molecular complexity index is 853. The van der Waals surface area contributed by atoms with Crippen LogP contribution < -0.4 is 10.1 Å². The first-order valence-corrected chi connectivity index (χ1v) is 7.99. The molecule has 5 heteroatoms. The van der Waals surface area contributed by atoms with Gasteiger partial charge in [-0.3, -0.25) is 10.1 Å². The minimum Gasteiger partial charge on any atom is -0.490 e. The number of carbonyl (C=O) groups excluding carboxylic acids is 1. The van der Waals surface area contributed by atoms with Gasteiger partial charge in [0.15, 0.2) is 5.13 Å². The minimum atomic E-state index is -0.184. The van der Waals surface area contributed by atoms with Crippen molar-refractivity contribution in [1.82, 2.24) is 4.98 Å². The van der Waals surface area contributed by atoms with Crippen LogP contribution in [0.2, 0.25) is 0 Å². The molecule has 0 bridgehead atoms. The van der Waals surface area contributed by atoms with Gasteiger partial charge >= 0.3 is 0 Å². The summed E-state index contributed by atoms with van der Waals surface area (Å²) in [5.41, 5.74) is 2.63. The van der Waals surface area contributed by atoms with Gasteiger partial charge in [0, 0.05) is 5.56 Å². The second-order valence-corrected chi connectivity index (χ2v) is 6.10. The third kappa shape index (κ3) is 3.57. The van der Waals surface area contributed by atoms with Crippen LogP contribution in [0, 0.1) is 6.92 Å². The quantitative estimate of drug-likeness (QED) is 0.707. The molecule has 116 valence electrons. The summed E-state index contributed by atoms with van der Waals surface area (Å²) in [6.07, 6.45) is 1.68. The van der Waals surface area contributed by atoms with Crippen molar-refractivity contribution in [3.8, 4) is 5.75 Å². The number of thiazole rings is 1. The van der Waals surface area contributed by atoms with Gasteiger partial charge in [-0.15, -0.1) is 0 Å². The van der Waals surface area contributed by atoms with E-state index in [1.54, 1.807) is 30.3 Å². The summed E-state index contributed by atoms with van der Waals surface area (Å²) in [4.78, 5) is 16.7. The molecule has 0 radical (unpaired) electrons. The first-order valence-electron chi connectivity index (χ1n) is 7.18. The van der Waals surface area contributed by atoms with Crippen molar-refractivity contribution >= 4 is 32.6 Å². The predicted molar refractivity (Wildman–Crippen MR) is 94.4 cm³/mol. The number of benzene rings is 2. The number of nitrogens with zero attached hydrogens (tertiary/aromatic N) is 1. The Hall–Kier alpha value is -2.66. The zero-order valence-corrected chi connectivity index (χ0v) is 13.5. The molecule has 0 atom stereocenters. The highest BCUT2D eigenvalue weighted by molar-refractivity contribution is 7.22. The molecule has 0 fully saturated rings. The zero-order chi connectivity index (χ0) is 16.2. The number of ether oxygens (including phenoxy) is 1. The van der Waals surface area contributed by atoms with Crippen LogP contribution in [0.3, 0.4) is 0 Å². The van der Waals surface area contributed by atoms with E-state index < -0.39 is 0 Å². The van der Waals surface area contributed by atoms with Gasteiger partial charge in [0.1, 0.15) is 12.4 Å². The topological polar surface area (TPSA) is 51.2 Å². The smallest absolute Gasteiger partial charge is 0.257 e. The first kappa shape index (κ1) is 15.2. The predicted octanol–water partition coefficient (Wildman–Crippen LogP) is 4.42. The lowest BCUT2D eigenvalue weighted by Crippen LogP contribution is -2.11. The molecule has 1 N–H and O–H groups in total. The van der Waals surface area contributed by atoms with Crippen molar-refractivity contribution in [3.63, 3.8) is 0 Å². The molecule has 3 rings (SSSR count). The van der Waals surface area contributed by atoms with Crippen molar-refractivity contribution in [2.45, 2.75) is 6.92 Å². The van der Waals surface area contributed by atoms with E-state index in [0.717, 1.165) is 10.2 Å². The number of aromatic nitrogens is 1. The van der Waals surface area contributed by atoms with Gasteiger partial charge < -0.3 is 4.74 Å². The van der Waals surface area contributed by atoms with Crippen LogP contribution in [0.4, 0.5) is 5.13 Å². The average Bonchev–Trinajstić information content (AvgIpc) is 2.94. The average molecular weight is 324 g/mol. The number of aryl methyl sites for hydroxylation is 1. The summed E-state index contributed by atoms with van der Waals surface area (Å²) in [6, 6.07) is 13.0. The van der Waals surface area contributed by atoms with E-state index in [-0.39, 0.29) is 5.91 Å². The molecule has 1 aromatic heterocycles. The Morgan fingerprint density at radius 2 is 2.09 bits per heavy atom. The van der Waals surface area contributed by atoms with Crippen LogP contribution in [-0.2, 0) is 0 Å². The Balaban J connectivity index is 1.73. The Labute approximate surface area is 138 Å². The summed E-state index contributed by atoms with van der Waals surface area (Å²) < 4.78 is 6.46. The summed E-state index contributed by atoms with van der Waals surface area (Å²) in [5.74, 6) is 0.521. The van der Waals surface area contributed by atoms with Gasteiger partial charge in [-0.2, -0.15) is 0 Å². The van der Waals surface area contributed by atoms with E-state index in [0.29, 0.717) is 23.1 Å². The lowest BCUT2D eigenvalue weighted by atomic mass is 10.2. The Kier molecular flexibility index (Phi) is 4.39. The highest BCUT2D eigenvalue weighted by atomic mass is 32.1. The van der Waals surface area contributed by atoms with E-state index in [4.69, 9.17) is 4.74 Å². The number of fused-ring (bicyclic) bond motifs is 1. The lowest BCUT2D eigenvalue weighted by Gasteiger charge is -2.05. The van der Waals surface area contributed by atoms with Gasteiger partial charge in [0.25, 0.3) is 5.91 Å². The van der Waals surface area contributed by atoms with Crippen molar-refractivity contribution in [1.29, 1.82) is 0 Å². The fourth-order valence-corrected chi connectivity index (χ4v) is 3.07. The monoisotopic (exact) mass is 324 g/mol. The standard InChI is InChI=1S/C18H16N2O2S/c1-3-10-22-14-7-5-13(6-8-14)17(21)20-18-19-15-9-4-12(2)11-16(15)23-18/h3-9,11H,1,10H2,2H3,(H,19,20,21). The maximum Gasteiger partial charge on any atom is 0.257 e. The summed E-state index contributed by atoms with van der Waals surface area (Å²) in [7, 11) is 0. The molecular formula is C18H16N2O2S. The highest BCUT2D eigenvalue weighted by Gasteiger charge is 2.10. The van der Waals surface area contributed by atoms with Crippen LogP contribution in [0.1, 0.15) is 15.9 Å². The molecular weight excluding hydrogens is 308 g/mol.